The molecule has 3 rings (SSSR count). The largest absolute Gasteiger partial charge is 0.372 e. The Bertz CT molecular complexity index is 667. The molecule has 1 fully saturated rings. The summed E-state index contributed by atoms with van der Waals surface area (Å²) in [6.45, 7) is 2.72. The Morgan fingerprint density at radius 1 is 1.04 bits per heavy atom. The third-order valence-corrected chi connectivity index (χ3v) is 4.56. The molecule has 132 valence electrons. The summed E-state index contributed by atoms with van der Waals surface area (Å²) < 4.78 is 5.84. The molecule has 1 amide bonds. The predicted molar refractivity (Wildman–Crippen MR) is 98.9 cm³/mol. The highest BCUT2D eigenvalue weighted by Gasteiger charge is 2.17. The number of nitrogens with one attached hydrogen (secondary N) is 2. The van der Waals surface area contributed by atoms with E-state index in [2.05, 4.69) is 34.9 Å². The lowest BCUT2D eigenvalue weighted by Gasteiger charge is -2.13. The van der Waals surface area contributed by atoms with Gasteiger partial charge in [-0.3, -0.25) is 4.79 Å². The maximum Gasteiger partial charge on any atom is 0.221 e. The van der Waals surface area contributed by atoms with Crippen molar-refractivity contribution in [2.75, 3.05) is 6.54 Å². The molecule has 2 aromatic carbocycles. The molecule has 1 heterocycles. The summed E-state index contributed by atoms with van der Waals surface area (Å²) in [6, 6.07) is 18.6. The Hall–Kier alpha value is -2.17. The molecule has 4 nitrogen and oxygen atoms in total. The van der Waals surface area contributed by atoms with E-state index in [1.54, 1.807) is 0 Å². The van der Waals surface area contributed by atoms with Crippen LogP contribution in [0.2, 0.25) is 0 Å². The Morgan fingerprint density at radius 2 is 1.80 bits per heavy atom. The van der Waals surface area contributed by atoms with Crippen molar-refractivity contribution in [1.82, 2.24) is 10.6 Å². The van der Waals surface area contributed by atoms with Gasteiger partial charge < -0.3 is 15.4 Å². The van der Waals surface area contributed by atoms with E-state index in [0.717, 1.165) is 29.7 Å². The van der Waals surface area contributed by atoms with Gasteiger partial charge >= 0.3 is 0 Å². The summed E-state index contributed by atoms with van der Waals surface area (Å²) >= 11 is 0. The van der Waals surface area contributed by atoms with Crippen LogP contribution in [0, 0.1) is 0 Å². The number of hydrogen-bond acceptors (Lipinski definition) is 3. The Morgan fingerprint density at radius 3 is 2.56 bits per heavy atom. The number of ether oxygens (including phenoxy) is 1. The van der Waals surface area contributed by atoms with E-state index in [0.29, 0.717) is 32.2 Å². The van der Waals surface area contributed by atoms with Gasteiger partial charge in [0.25, 0.3) is 0 Å². The number of rotatable bonds is 8. The van der Waals surface area contributed by atoms with Crippen molar-refractivity contribution < 1.29 is 9.53 Å². The highest BCUT2D eigenvalue weighted by Crippen LogP contribution is 2.13. The van der Waals surface area contributed by atoms with Crippen LogP contribution in [-0.2, 0) is 29.3 Å². The van der Waals surface area contributed by atoms with Crippen molar-refractivity contribution in [3.8, 4) is 0 Å². The molecule has 0 aliphatic carbocycles. The zero-order valence-electron chi connectivity index (χ0n) is 14.5. The lowest BCUT2D eigenvalue weighted by molar-refractivity contribution is -0.121. The lowest BCUT2D eigenvalue weighted by atomic mass is 10.1. The highest BCUT2D eigenvalue weighted by molar-refractivity contribution is 5.76. The monoisotopic (exact) mass is 338 g/mol. The fourth-order valence-corrected chi connectivity index (χ4v) is 3.14. The van der Waals surface area contributed by atoms with E-state index in [1.165, 1.54) is 6.42 Å². The van der Waals surface area contributed by atoms with Crippen molar-refractivity contribution in [3.63, 3.8) is 0 Å². The fourth-order valence-electron chi connectivity index (χ4n) is 3.14. The van der Waals surface area contributed by atoms with E-state index in [9.17, 15) is 4.79 Å². The van der Waals surface area contributed by atoms with Crippen LogP contribution < -0.4 is 10.6 Å². The van der Waals surface area contributed by atoms with E-state index >= 15 is 0 Å². The average Bonchev–Trinajstić information content (AvgIpc) is 3.15. The molecule has 1 saturated heterocycles. The van der Waals surface area contributed by atoms with E-state index in [4.69, 9.17) is 4.74 Å². The molecule has 0 aromatic heterocycles. The van der Waals surface area contributed by atoms with Crippen molar-refractivity contribution in [1.29, 1.82) is 0 Å². The molecule has 1 aliphatic rings. The predicted octanol–water partition coefficient (Wildman–Crippen LogP) is 3.16. The van der Waals surface area contributed by atoms with Gasteiger partial charge in [-0.15, -0.1) is 0 Å². The molecule has 0 radical (unpaired) electrons. The molecule has 1 atom stereocenters. The first-order valence-electron chi connectivity index (χ1n) is 9.00. The number of carbonyl (C=O) groups is 1. The second kappa shape index (κ2) is 9.35. The Balaban J connectivity index is 1.47. The summed E-state index contributed by atoms with van der Waals surface area (Å²) in [5, 5.41) is 6.40. The van der Waals surface area contributed by atoms with Crippen LogP contribution in [0.15, 0.2) is 54.6 Å². The van der Waals surface area contributed by atoms with E-state index in [1.807, 2.05) is 30.3 Å². The third kappa shape index (κ3) is 5.69. The molecule has 25 heavy (non-hydrogen) atoms. The second-order valence-corrected chi connectivity index (χ2v) is 6.52. The van der Waals surface area contributed by atoms with Crippen LogP contribution in [0.1, 0.15) is 36.0 Å². The number of amides is 1. The quantitative estimate of drug-likeness (QED) is 0.777. The molecule has 0 saturated carbocycles. The summed E-state index contributed by atoms with van der Waals surface area (Å²) in [5.74, 6) is 0.111. The van der Waals surface area contributed by atoms with Crippen LogP contribution >= 0.6 is 0 Å². The third-order valence-electron chi connectivity index (χ3n) is 4.56. The average molecular weight is 338 g/mol. The molecule has 2 aromatic rings. The van der Waals surface area contributed by atoms with Crippen LogP contribution in [0.25, 0.3) is 0 Å². The normalized spacial score (nSPS) is 16.7. The van der Waals surface area contributed by atoms with Crippen LogP contribution in [0.3, 0.4) is 0 Å². The van der Waals surface area contributed by atoms with Crippen molar-refractivity contribution in [2.45, 2.75) is 45.1 Å². The summed E-state index contributed by atoms with van der Waals surface area (Å²) in [5.41, 5.74) is 3.40. The maximum atomic E-state index is 12.1. The number of benzene rings is 2. The van der Waals surface area contributed by atoms with Gasteiger partial charge in [0.15, 0.2) is 0 Å². The molecule has 0 bridgehead atoms. The van der Waals surface area contributed by atoms with Gasteiger partial charge in [-0.1, -0.05) is 54.6 Å². The topological polar surface area (TPSA) is 50.4 Å². The molecule has 0 spiro atoms. The lowest BCUT2D eigenvalue weighted by Crippen LogP contribution is -2.31. The van der Waals surface area contributed by atoms with Gasteiger partial charge in [-0.2, -0.15) is 0 Å². The van der Waals surface area contributed by atoms with Crippen LogP contribution in [0.4, 0.5) is 0 Å². The maximum absolute atomic E-state index is 12.1. The molecular formula is C21H26N2O2. The Labute approximate surface area is 149 Å². The smallest absolute Gasteiger partial charge is 0.221 e. The van der Waals surface area contributed by atoms with Crippen LogP contribution in [-0.4, -0.2) is 18.5 Å². The van der Waals surface area contributed by atoms with Crippen molar-refractivity contribution in [3.05, 3.63) is 71.3 Å². The second-order valence-electron chi connectivity index (χ2n) is 6.52. The molecular weight excluding hydrogens is 312 g/mol. The van der Waals surface area contributed by atoms with Gasteiger partial charge in [-0.05, 0) is 36.1 Å². The molecule has 2 N–H and O–H groups in total. The summed E-state index contributed by atoms with van der Waals surface area (Å²) in [7, 11) is 0. The highest BCUT2D eigenvalue weighted by atomic mass is 16.5. The summed E-state index contributed by atoms with van der Waals surface area (Å²) in [4.78, 5) is 12.1. The first-order chi connectivity index (χ1) is 12.3. The van der Waals surface area contributed by atoms with Crippen molar-refractivity contribution in [2.24, 2.45) is 0 Å². The standard InChI is InChI=1S/C21H26N2O2/c24-21(13-20-11-6-12-22-20)23-14-18-9-4-5-10-19(18)16-25-15-17-7-2-1-3-8-17/h1-5,7-10,20,22H,6,11-16H2,(H,23,24). The van der Waals surface area contributed by atoms with Gasteiger partial charge in [0.05, 0.1) is 13.2 Å². The van der Waals surface area contributed by atoms with Crippen LogP contribution in [0.5, 0.6) is 0 Å². The zero-order valence-corrected chi connectivity index (χ0v) is 14.5. The fraction of sp³-hybridized carbons (Fsp3) is 0.381. The van der Waals surface area contributed by atoms with Crippen molar-refractivity contribution >= 4 is 5.91 Å². The minimum absolute atomic E-state index is 0.111. The molecule has 1 aliphatic heterocycles. The van der Waals surface area contributed by atoms with E-state index in [-0.39, 0.29) is 5.91 Å². The van der Waals surface area contributed by atoms with Gasteiger partial charge in [0, 0.05) is 19.0 Å². The SMILES string of the molecule is O=C(CC1CCCN1)NCc1ccccc1COCc1ccccc1. The minimum atomic E-state index is 0.111. The zero-order chi connectivity index (χ0) is 17.3. The summed E-state index contributed by atoms with van der Waals surface area (Å²) in [6.07, 6.45) is 2.82. The minimum Gasteiger partial charge on any atom is -0.372 e. The first-order valence-corrected chi connectivity index (χ1v) is 9.00. The number of carbonyl (C=O) groups excluding carboxylic acids is 1. The van der Waals surface area contributed by atoms with Gasteiger partial charge in [0.1, 0.15) is 0 Å². The van der Waals surface area contributed by atoms with E-state index < -0.39 is 0 Å². The molecule has 1 unspecified atom stereocenters. The van der Waals surface area contributed by atoms with Gasteiger partial charge in [0.2, 0.25) is 5.91 Å². The molecule has 4 heteroatoms. The first kappa shape index (κ1) is 17.6. The number of hydrogen-bond donors (Lipinski definition) is 2. The van der Waals surface area contributed by atoms with Gasteiger partial charge in [-0.25, -0.2) is 0 Å². The Kier molecular flexibility index (Phi) is 6.60.